The molecule has 0 aliphatic heterocycles. The molecule has 2 aromatic heterocycles. The highest BCUT2D eigenvalue weighted by atomic mass is 35.5. The lowest BCUT2D eigenvalue weighted by Gasteiger charge is -2.03. The van der Waals surface area contributed by atoms with Crippen LogP contribution >= 0.6 is 22.9 Å². The molecule has 3 aromatic rings. The van der Waals surface area contributed by atoms with E-state index in [2.05, 4.69) is 10.1 Å². The Morgan fingerprint density at radius 3 is 2.79 bits per heavy atom. The van der Waals surface area contributed by atoms with Crippen molar-refractivity contribution >= 4 is 29.2 Å². The van der Waals surface area contributed by atoms with E-state index in [9.17, 15) is 4.39 Å². The SMILES string of the molecule is CC(C)N=c1scc(-c2ccco2)n1N=Cc1c(F)cccc1Cl. The minimum atomic E-state index is -0.427. The average Bonchev–Trinajstić information content (AvgIpc) is 3.16. The van der Waals surface area contributed by atoms with Crippen LogP contribution in [0.15, 0.2) is 56.5 Å². The topological polar surface area (TPSA) is 42.8 Å². The summed E-state index contributed by atoms with van der Waals surface area (Å²) in [5.74, 6) is 0.234. The normalized spacial score (nSPS) is 12.6. The van der Waals surface area contributed by atoms with E-state index < -0.39 is 5.82 Å². The molecule has 4 nitrogen and oxygen atoms in total. The molecular formula is C17H15ClFN3OS. The van der Waals surface area contributed by atoms with Gasteiger partial charge >= 0.3 is 0 Å². The Hall–Kier alpha value is -2.18. The van der Waals surface area contributed by atoms with Crippen LogP contribution in [0.25, 0.3) is 11.5 Å². The van der Waals surface area contributed by atoms with Crippen LogP contribution in [-0.2, 0) is 0 Å². The number of benzene rings is 1. The second kappa shape index (κ2) is 7.15. The number of halogens is 2. The standard InChI is InChI=1S/C17H15ClFN3OS/c1-11(2)21-17-22(15(10-24-17)16-7-4-8-23-16)20-9-12-13(18)5-3-6-14(12)19/h3-11H,1-2H3. The maximum Gasteiger partial charge on any atom is 0.206 e. The molecule has 0 aliphatic carbocycles. The Bertz CT molecular complexity index is 905. The van der Waals surface area contributed by atoms with Crippen LogP contribution in [0.3, 0.4) is 0 Å². The number of rotatable bonds is 4. The Balaban J connectivity index is 2.12. The van der Waals surface area contributed by atoms with E-state index >= 15 is 0 Å². The summed E-state index contributed by atoms with van der Waals surface area (Å²) in [6.07, 6.45) is 2.99. The molecule has 0 saturated heterocycles. The van der Waals surface area contributed by atoms with Gasteiger partial charge in [0.1, 0.15) is 11.5 Å². The smallest absolute Gasteiger partial charge is 0.206 e. The van der Waals surface area contributed by atoms with Crippen molar-refractivity contribution in [2.45, 2.75) is 19.9 Å². The third-order valence-electron chi connectivity index (χ3n) is 3.13. The molecule has 0 saturated carbocycles. The van der Waals surface area contributed by atoms with Crippen LogP contribution in [0.1, 0.15) is 19.4 Å². The Morgan fingerprint density at radius 1 is 1.29 bits per heavy atom. The van der Waals surface area contributed by atoms with Gasteiger partial charge in [0, 0.05) is 17.0 Å². The zero-order valence-electron chi connectivity index (χ0n) is 13.1. The molecule has 0 N–H and O–H groups in total. The van der Waals surface area contributed by atoms with Crippen LogP contribution in [0, 0.1) is 5.82 Å². The molecule has 1 aromatic carbocycles. The highest BCUT2D eigenvalue weighted by Gasteiger charge is 2.11. The fourth-order valence-electron chi connectivity index (χ4n) is 2.07. The van der Waals surface area contributed by atoms with Gasteiger partial charge in [0.15, 0.2) is 5.76 Å². The predicted molar refractivity (Wildman–Crippen MR) is 95.1 cm³/mol. The average molecular weight is 364 g/mol. The first-order valence-corrected chi connectivity index (χ1v) is 8.58. The van der Waals surface area contributed by atoms with E-state index in [1.54, 1.807) is 29.1 Å². The lowest BCUT2D eigenvalue weighted by atomic mass is 10.2. The van der Waals surface area contributed by atoms with E-state index in [4.69, 9.17) is 16.0 Å². The number of nitrogens with zero attached hydrogens (tertiary/aromatic N) is 3. The van der Waals surface area contributed by atoms with Gasteiger partial charge in [-0.15, -0.1) is 11.3 Å². The summed E-state index contributed by atoms with van der Waals surface area (Å²) in [4.78, 5) is 5.24. The van der Waals surface area contributed by atoms with Gasteiger partial charge in [0.05, 0.1) is 17.5 Å². The highest BCUT2D eigenvalue weighted by molar-refractivity contribution is 7.07. The van der Waals surface area contributed by atoms with E-state index in [0.717, 1.165) is 5.69 Å². The van der Waals surface area contributed by atoms with Crippen LogP contribution in [0.5, 0.6) is 0 Å². The van der Waals surface area contributed by atoms with E-state index in [0.29, 0.717) is 15.6 Å². The van der Waals surface area contributed by atoms with Gasteiger partial charge in [-0.1, -0.05) is 17.7 Å². The second-order valence-corrected chi connectivity index (χ2v) is 6.54. The van der Waals surface area contributed by atoms with Gasteiger partial charge in [-0.3, -0.25) is 4.99 Å². The van der Waals surface area contributed by atoms with Gasteiger partial charge in [0.2, 0.25) is 4.80 Å². The Morgan fingerprint density at radius 2 is 2.12 bits per heavy atom. The molecule has 0 unspecified atom stereocenters. The molecule has 2 heterocycles. The fourth-order valence-corrected chi connectivity index (χ4v) is 3.23. The van der Waals surface area contributed by atoms with E-state index in [1.165, 1.54) is 23.6 Å². The summed E-state index contributed by atoms with van der Waals surface area (Å²) in [5, 5.41) is 6.60. The minimum Gasteiger partial charge on any atom is -0.463 e. The van der Waals surface area contributed by atoms with Crippen molar-refractivity contribution < 1.29 is 8.81 Å². The van der Waals surface area contributed by atoms with Crippen LogP contribution < -0.4 is 4.80 Å². The number of hydrogen-bond acceptors (Lipinski definition) is 4. The summed E-state index contributed by atoms with van der Waals surface area (Å²) in [7, 11) is 0. The largest absolute Gasteiger partial charge is 0.463 e. The second-order valence-electron chi connectivity index (χ2n) is 5.30. The number of aromatic nitrogens is 1. The Labute approximate surface area is 147 Å². The first-order chi connectivity index (χ1) is 11.6. The van der Waals surface area contributed by atoms with Crippen LogP contribution in [-0.4, -0.2) is 16.9 Å². The van der Waals surface area contributed by atoms with Gasteiger partial charge < -0.3 is 4.42 Å². The molecule has 0 amide bonds. The molecular weight excluding hydrogens is 349 g/mol. The first kappa shape index (κ1) is 16.7. The predicted octanol–water partition coefficient (Wildman–Crippen LogP) is 4.79. The molecule has 0 atom stereocenters. The van der Waals surface area contributed by atoms with Crippen molar-refractivity contribution in [2.75, 3.05) is 0 Å². The number of thiazole rings is 1. The maximum atomic E-state index is 13.9. The van der Waals surface area contributed by atoms with Crippen LogP contribution in [0.2, 0.25) is 5.02 Å². The van der Waals surface area contributed by atoms with E-state index in [1.807, 2.05) is 25.3 Å². The van der Waals surface area contributed by atoms with Crippen molar-refractivity contribution in [3.63, 3.8) is 0 Å². The summed E-state index contributed by atoms with van der Waals surface area (Å²) >= 11 is 7.50. The van der Waals surface area contributed by atoms with Crippen molar-refractivity contribution in [3.05, 3.63) is 63.2 Å². The molecule has 0 radical (unpaired) electrons. The van der Waals surface area contributed by atoms with E-state index in [-0.39, 0.29) is 11.6 Å². The molecule has 124 valence electrons. The molecule has 7 heteroatoms. The summed E-state index contributed by atoms with van der Waals surface area (Å²) in [6, 6.07) is 8.26. The number of furan rings is 1. The highest BCUT2D eigenvalue weighted by Crippen LogP contribution is 2.21. The molecule has 0 aliphatic rings. The van der Waals surface area contributed by atoms with Crippen molar-refractivity contribution in [3.8, 4) is 11.5 Å². The third kappa shape index (κ3) is 3.49. The van der Waals surface area contributed by atoms with Gasteiger partial charge in [-0.25, -0.2) is 9.07 Å². The zero-order chi connectivity index (χ0) is 17.1. The zero-order valence-corrected chi connectivity index (χ0v) is 14.7. The summed E-state index contributed by atoms with van der Waals surface area (Å²) in [5.41, 5.74) is 0.979. The first-order valence-electron chi connectivity index (χ1n) is 7.33. The van der Waals surface area contributed by atoms with Gasteiger partial charge in [-0.2, -0.15) is 5.10 Å². The van der Waals surface area contributed by atoms with Crippen molar-refractivity contribution in [2.24, 2.45) is 10.1 Å². The lowest BCUT2D eigenvalue weighted by molar-refractivity contribution is 0.574. The summed E-state index contributed by atoms with van der Waals surface area (Å²) < 4.78 is 21.0. The van der Waals surface area contributed by atoms with Crippen molar-refractivity contribution in [1.82, 2.24) is 4.68 Å². The summed E-state index contributed by atoms with van der Waals surface area (Å²) in [6.45, 7) is 3.96. The Kier molecular flexibility index (Phi) is 4.97. The molecule has 24 heavy (non-hydrogen) atoms. The molecule has 0 fully saturated rings. The monoisotopic (exact) mass is 363 g/mol. The lowest BCUT2D eigenvalue weighted by Crippen LogP contribution is -2.14. The van der Waals surface area contributed by atoms with Crippen molar-refractivity contribution in [1.29, 1.82) is 0 Å². The molecule has 0 bridgehead atoms. The fraction of sp³-hybridized carbons (Fsp3) is 0.176. The van der Waals surface area contributed by atoms with Gasteiger partial charge in [-0.05, 0) is 38.1 Å². The quantitative estimate of drug-likeness (QED) is 0.614. The number of hydrogen-bond donors (Lipinski definition) is 0. The van der Waals surface area contributed by atoms with Crippen LogP contribution in [0.4, 0.5) is 4.39 Å². The maximum absolute atomic E-state index is 13.9. The minimum absolute atomic E-state index is 0.103. The van der Waals surface area contributed by atoms with Gasteiger partial charge in [0.25, 0.3) is 0 Å². The third-order valence-corrected chi connectivity index (χ3v) is 4.29. The molecule has 0 spiro atoms. The molecule has 3 rings (SSSR count).